The van der Waals surface area contributed by atoms with Crippen LogP contribution in [0.15, 0.2) is 23.1 Å². The van der Waals surface area contributed by atoms with Crippen molar-refractivity contribution in [3.63, 3.8) is 0 Å². The number of hydrogen-bond acceptors (Lipinski definition) is 4. The molecule has 1 aromatic carbocycles. The van der Waals surface area contributed by atoms with E-state index in [1.54, 1.807) is 19.1 Å². The van der Waals surface area contributed by atoms with Gasteiger partial charge in [-0.15, -0.1) is 0 Å². The summed E-state index contributed by atoms with van der Waals surface area (Å²) in [5.74, 6) is 0.175. The van der Waals surface area contributed by atoms with E-state index in [2.05, 4.69) is 5.32 Å². The summed E-state index contributed by atoms with van der Waals surface area (Å²) in [6.45, 7) is 4.57. The normalized spacial score (nSPS) is 26.0. The molecule has 21 heavy (non-hydrogen) atoms. The van der Waals surface area contributed by atoms with Crippen molar-refractivity contribution in [2.45, 2.75) is 11.8 Å². The average Bonchev–Trinajstić information content (AvgIpc) is 2.99. The lowest BCUT2D eigenvalue weighted by molar-refractivity contribution is 0.0999. The van der Waals surface area contributed by atoms with Crippen molar-refractivity contribution in [1.29, 1.82) is 0 Å². The smallest absolute Gasteiger partial charge is 0.249 e. The molecule has 3 N–H and O–H groups in total. The Balaban J connectivity index is 1.92. The maximum absolute atomic E-state index is 12.7. The van der Waals surface area contributed by atoms with Crippen LogP contribution < -0.4 is 11.1 Å². The Bertz CT molecular complexity index is 675. The number of nitrogens with two attached hydrogens (primary N) is 1. The third-order valence-corrected chi connectivity index (χ3v) is 6.30. The molecule has 0 bridgehead atoms. The molecule has 2 fully saturated rings. The van der Waals surface area contributed by atoms with Crippen LogP contribution in [0.5, 0.6) is 0 Å². The van der Waals surface area contributed by atoms with E-state index in [4.69, 9.17) is 5.73 Å². The lowest BCUT2D eigenvalue weighted by Crippen LogP contribution is -2.32. The van der Waals surface area contributed by atoms with E-state index in [0.717, 1.165) is 13.1 Å². The zero-order valence-electron chi connectivity index (χ0n) is 11.9. The van der Waals surface area contributed by atoms with Crippen molar-refractivity contribution in [3.05, 3.63) is 29.3 Å². The second-order valence-electron chi connectivity index (χ2n) is 5.84. The molecular weight excluding hydrogens is 290 g/mol. The van der Waals surface area contributed by atoms with E-state index >= 15 is 0 Å². The summed E-state index contributed by atoms with van der Waals surface area (Å²) in [7, 11) is -3.56. The maximum Gasteiger partial charge on any atom is 0.249 e. The maximum atomic E-state index is 12.7. The lowest BCUT2D eigenvalue weighted by Gasteiger charge is -2.18. The molecule has 0 radical (unpaired) electrons. The van der Waals surface area contributed by atoms with Gasteiger partial charge in [0.15, 0.2) is 0 Å². The Morgan fingerprint density at radius 2 is 1.90 bits per heavy atom. The largest absolute Gasteiger partial charge is 0.366 e. The first-order valence-electron chi connectivity index (χ1n) is 7.01. The van der Waals surface area contributed by atoms with E-state index < -0.39 is 15.9 Å². The van der Waals surface area contributed by atoms with Crippen LogP contribution in [-0.4, -0.2) is 44.8 Å². The summed E-state index contributed by atoms with van der Waals surface area (Å²) >= 11 is 0. The monoisotopic (exact) mass is 309 g/mol. The lowest BCUT2D eigenvalue weighted by atomic mass is 10.0. The topological polar surface area (TPSA) is 92.5 Å². The van der Waals surface area contributed by atoms with Crippen LogP contribution in [0.1, 0.15) is 15.9 Å². The summed E-state index contributed by atoms with van der Waals surface area (Å²) < 4.78 is 26.9. The minimum absolute atomic E-state index is 0.148. The number of sulfonamides is 1. The highest BCUT2D eigenvalue weighted by atomic mass is 32.2. The molecule has 0 aromatic heterocycles. The van der Waals surface area contributed by atoms with Crippen molar-refractivity contribution >= 4 is 15.9 Å². The molecule has 1 aromatic rings. The van der Waals surface area contributed by atoms with E-state index in [-0.39, 0.29) is 10.5 Å². The highest BCUT2D eigenvalue weighted by Gasteiger charge is 2.41. The third kappa shape index (κ3) is 2.45. The number of hydrogen-bond donors (Lipinski definition) is 2. The average molecular weight is 309 g/mol. The van der Waals surface area contributed by atoms with Gasteiger partial charge >= 0.3 is 0 Å². The fourth-order valence-corrected chi connectivity index (χ4v) is 4.77. The summed E-state index contributed by atoms with van der Waals surface area (Å²) in [6, 6.07) is 4.56. The molecule has 6 nitrogen and oxygen atoms in total. The van der Waals surface area contributed by atoms with Gasteiger partial charge < -0.3 is 11.1 Å². The van der Waals surface area contributed by atoms with E-state index in [1.165, 1.54) is 10.4 Å². The third-order valence-electron chi connectivity index (χ3n) is 4.47. The quantitative estimate of drug-likeness (QED) is 0.818. The first-order chi connectivity index (χ1) is 9.89. The Hall–Kier alpha value is -1.44. The fraction of sp³-hybridized carbons (Fsp3) is 0.500. The van der Waals surface area contributed by atoms with E-state index in [0.29, 0.717) is 30.5 Å². The molecule has 1 amide bonds. The molecule has 2 aliphatic rings. The first kappa shape index (κ1) is 14.5. The van der Waals surface area contributed by atoms with Gasteiger partial charge in [-0.05, 0) is 49.5 Å². The molecule has 2 heterocycles. The molecule has 0 saturated carbocycles. The number of aryl methyl sites for hydroxylation is 1. The standard InChI is InChI=1S/C14H19N3O3S/c1-9-2-3-12(4-13(9)14(15)18)21(19,20)17-7-10-5-16-6-11(10)8-17/h2-4,10-11,16H,5-8H2,1H3,(H2,15,18)/t10-,11+. The summed E-state index contributed by atoms with van der Waals surface area (Å²) in [5, 5.41) is 3.28. The number of carbonyl (C=O) groups is 1. The molecule has 0 spiro atoms. The minimum Gasteiger partial charge on any atom is -0.366 e. The Labute approximate surface area is 124 Å². The van der Waals surface area contributed by atoms with Gasteiger partial charge in [0.25, 0.3) is 0 Å². The SMILES string of the molecule is Cc1ccc(S(=O)(=O)N2C[C@H]3CNC[C@H]3C2)cc1C(N)=O. The number of nitrogens with one attached hydrogen (secondary N) is 1. The highest BCUT2D eigenvalue weighted by Crippen LogP contribution is 2.31. The molecule has 3 rings (SSSR count). The van der Waals surface area contributed by atoms with Crippen LogP contribution in [-0.2, 0) is 10.0 Å². The first-order valence-corrected chi connectivity index (χ1v) is 8.45. The van der Waals surface area contributed by atoms with Crippen molar-refractivity contribution in [1.82, 2.24) is 9.62 Å². The molecule has 114 valence electrons. The Kier molecular flexibility index (Phi) is 3.51. The van der Waals surface area contributed by atoms with Crippen LogP contribution in [0, 0.1) is 18.8 Å². The van der Waals surface area contributed by atoms with Crippen molar-refractivity contribution in [3.8, 4) is 0 Å². The number of nitrogens with zero attached hydrogens (tertiary/aromatic N) is 1. The highest BCUT2D eigenvalue weighted by molar-refractivity contribution is 7.89. The van der Waals surface area contributed by atoms with E-state index in [1.807, 2.05) is 0 Å². The molecule has 0 unspecified atom stereocenters. The van der Waals surface area contributed by atoms with Gasteiger partial charge in [0, 0.05) is 18.7 Å². The molecule has 2 aliphatic heterocycles. The van der Waals surface area contributed by atoms with Gasteiger partial charge in [0.1, 0.15) is 0 Å². The zero-order valence-corrected chi connectivity index (χ0v) is 12.7. The van der Waals surface area contributed by atoms with Gasteiger partial charge in [-0.2, -0.15) is 4.31 Å². The van der Waals surface area contributed by atoms with Gasteiger partial charge in [-0.25, -0.2) is 8.42 Å². The molecule has 7 heteroatoms. The van der Waals surface area contributed by atoms with Gasteiger partial charge in [-0.1, -0.05) is 6.07 Å². The van der Waals surface area contributed by atoms with E-state index in [9.17, 15) is 13.2 Å². The van der Waals surface area contributed by atoms with Crippen molar-refractivity contribution in [2.75, 3.05) is 26.2 Å². The number of carbonyl (C=O) groups excluding carboxylic acids is 1. The van der Waals surface area contributed by atoms with Crippen LogP contribution in [0.2, 0.25) is 0 Å². The Morgan fingerprint density at radius 3 is 2.48 bits per heavy atom. The van der Waals surface area contributed by atoms with Gasteiger partial charge in [0.2, 0.25) is 15.9 Å². The molecular formula is C14H19N3O3S. The number of benzene rings is 1. The predicted octanol–water partition coefficient (Wildman–Crippen LogP) is -0.0662. The summed E-state index contributed by atoms with van der Waals surface area (Å²) in [4.78, 5) is 11.5. The molecule has 2 atom stereocenters. The summed E-state index contributed by atoms with van der Waals surface area (Å²) in [5.41, 5.74) is 6.24. The predicted molar refractivity (Wildman–Crippen MR) is 78.3 cm³/mol. The van der Waals surface area contributed by atoms with Gasteiger partial charge in [0.05, 0.1) is 4.90 Å². The summed E-state index contributed by atoms with van der Waals surface area (Å²) in [6.07, 6.45) is 0. The van der Waals surface area contributed by atoms with Crippen molar-refractivity contribution in [2.24, 2.45) is 17.6 Å². The van der Waals surface area contributed by atoms with Crippen LogP contribution >= 0.6 is 0 Å². The minimum atomic E-state index is -3.56. The van der Waals surface area contributed by atoms with Gasteiger partial charge in [-0.3, -0.25) is 4.79 Å². The van der Waals surface area contributed by atoms with Crippen LogP contribution in [0.25, 0.3) is 0 Å². The number of rotatable bonds is 3. The number of primary amides is 1. The molecule has 0 aliphatic carbocycles. The Morgan fingerprint density at radius 1 is 1.29 bits per heavy atom. The second-order valence-corrected chi connectivity index (χ2v) is 7.78. The van der Waals surface area contributed by atoms with Crippen LogP contribution in [0.4, 0.5) is 0 Å². The number of amides is 1. The zero-order chi connectivity index (χ0) is 15.2. The molecule has 2 saturated heterocycles. The van der Waals surface area contributed by atoms with Crippen LogP contribution in [0.3, 0.4) is 0 Å². The van der Waals surface area contributed by atoms with Crippen molar-refractivity contribution < 1.29 is 13.2 Å². The number of fused-ring (bicyclic) bond motifs is 1. The second kappa shape index (κ2) is 5.08. The fourth-order valence-electron chi connectivity index (χ4n) is 3.18.